The molecule has 0 aliphatic heterocycles. The molecule has 1 aromatic carbocycles. The third-order valence-corrected chi connectivity index (χ3v) is 3.22. The summed E-state index contributed by atoms with van der Waals surface area (Å²) in [5.74, 6) is 1.58. The third kappa shape index (κ3) is 3.03. The lowest BCUT2D eigenvalue weighted by atomic mass is 10.2. The molecule has 21 heavy (non-hydrogen) atoms. The number of hydrogen-bond donors (Lipinski definition) is 1. The van der Waals surface area contributed by atoms with Crippen LogP contribution in [0.1, 0.15) is 0 Å². The van der Waals surface area contributed by atoms with E-state index in [0.29, 0.717) is 6.61 Å². The van der Waals surface area contributed by atoms with Gasteiger partial charge >= 0.3 is 0 Å². The fraction of sp³-hybridized carbons (Fsp3) is 0.250. The first-order valence-corrected chi connectivity index (χ1v) is 6.91. The van der Waals surface area contributed by atoms with Crippen LogP contribution in [-0.2, 0) is 0 Å². The molecular weight excluding hydrogens is 264 g/mol. The lowest BCUT2D eigenvalue weighted by Crippen LogP contribution is -2.19. The molecule has 108 valence electrons. The van der Waals surface area contributed by atoms with Gasteiger partial charge in [0.1, 0.15) is 18.2 Å². The number of rotatable bonds is 5. The highest BCUT2D eigenvalue weighted by Gasteiger charge is 2.11. The molecule has 5 nitrogen and oxygen atoms in total. The average molecular weight is 282 g/mol. The molecule has 2 aromatic heterocycles. The predicted molar refractivity (Wildman–Crippen MR) is 83.4 cm³/mol. The number of aromatic nitrogens is 3. The highest BCUT2D eigenvalue weighted by molar-refractivity contribution is 5.80. The lowest BCUT2D eigenvalue weighted by Gasteiger charge is -2.12. The minimum Gasteiger partial charge on any atom is -0.491 e. The molecular formula is C16H18N4O. The highest BCUT2D eigenvalue weighted by Crippen LogP contribution is 2.28. The molecule has 0 aliphatic rings. The van der Waals surface area contributed by atoms with Gasteiger partial charge in [-0.1, -0.05) is 12.1 Å². The van der Waals surface area contributed by atoms with Crippen molar-refractivity contribution in [2.24, 2.45) is 0 Å². The van der Waals surface area contributed by atoms with Crippen LogP contribution >= 0.6 is 0 Å². The summed E-state index contributed by atoms with van der Waals surface area (Å²) in [6, 6.07) is 9.83. The van der Waals surface area contributed by atoms with Crippen LogP contribution in [0.15, 0.2) is 42.7 Å². The van der Waals surface area contributed by atoms with Crippen molar-refractivity contribution in [3.05, 3.63) is 42.7 Å². The molecule has 0 spiro atoms. The van der Waals surface area contributed by atoms with Gasteiger partial charge in [-0.15, -0.1) is 0 Å². The van der Waals surface area contributed by atoms with Crippen molar-refractivity contribution in [3.8, 4) is 17.1 Å². The normalized spacial score (nSPS) is 11.2. The average Bonchev–Trinajstić information content (AvgIpc) is 2.91. The van der Waals surface area contributed by atoms with Crippen LogP contribution in [-0.4, -0.2) is 47.1 Å². The molecule has 0 radical (unpaired) electrons. The molecule has 5 heteroatoms. The Morgan fingerprint density at radius 1 is 1.19 bits per heavy atom. The molecule has 0 unspecified atom stereocenters. The largest absolute Gasteiger partial charge is 0.491 e. The maximum atomic E-state index is 5.86. The number of nitrogens with one attached hydrogen (secondary N) is 1. The zero-order valence-corrected chi connectivity index (χ0v) is 12.2. The summed E-state index contributed by atoms with van der Waals surface area (Å²) in [5, 5.41) is 0. The fourth-order valence-electron chi connectivity index (χ4n) is 2.10. The van der Waals surface area contributed by atoms with Crippen LogP contribution in [0.5, 0.6) is 5.75 Å². The molecule has 0 saturated heterocycles. The number of aromatic amines is 1. The fourth-order valence-corrected chi connectivity index (χ4v) is 2.10. The number of nitrogens with zero attached hydrogens (tertiary/aromatic N) is 3. The van der Waals surface area contributed by atoms with Crippen molar-refractivity contribution in [1.29, 1.82) is 0 Å². The zero-order valence-electron chi connectivity index (χ0n) is 12.2. The molecule has 0 aliphatic carbocycles. The van der Waals surface area contributed by atoms with Crippen molar-refractivity contribution < 1.29 is 4.74 Å². The predicted octanol–water partition coefficient (Wildman–Crippen LogP) is 2.57. The smallest absolute Gasteiger partial charge is 0.143 e. The van der Waals surface area contributed by atoms with Crippen LogP contribution in [0.25, 0.3) is 22.4 Å². The molecule has 0 atom stereocenters. The Bertz CT molecular complexity index is 703. The van der Waals surface area contributed by atoms with Crippen LogP contribution in [0.2, 0.25) is 0 Å². The van der Waals surface area contributed by atoms with E-state index in [4.69, 9.17) is 4.74 Å². The lowest BCUT2D eigenvalue weighted by molar-refractivity contribution is 0.262. The Hall–Kier alpha value is -2.40. The maximum Gasteiger partial charge on any atom is 0.143 e. The summed E-state index contributed by atoms with van der Waals surface area (Å²) in [5.41, 5.74) is 2.83. The SMILES string of the molecule is CN(C)CCOc1ccncc1-c1nc2ccccc2[nH]1. The number of ether oxygens (including phenoxy) is 1. The van der Waals surface area contributed by atoms with E-state index >= 15 is 0 Å². The quantitative estimate of drug-likeness (QED) is 0.781. The summed E-state index contributed by atoms with van der Waals surface area (Å²) >= 11 is 0. The van der Waals surface area contributed by atoms with E-state index < -0.39 is 0 Å². The highest BCUT2D eigenvalue weighted by atomic mass is 16.5. The molecule has 3 rings (SSSR count). The number of para-hydroxylation sites is 2. The van der Waals surface area contributed by atoms with Gasteiger partial charge in [-0.25, -0.2) is 4.98 Å². The van der Waals surface area contributed by atoms with Crippen LogP contribution in [0, 0.1) is 0 Å². The van der Waals surface area contributed by atoms with E-state index in [2.05, 4.69) is 19.9 Å². The number of pyridine rings is 1. The van der Waals surface area contributed by atoms with Gasteiger partial charge < -0.3 is 14.6 Å². The Morgan fingerprint density at radius 3 is 2.86 bits per heavy atom. The number of H-pyrrole nitrogens is 1. The van der Waals surface area contributed by atoms with Crippen molar-refractivity contribution in [1.82, 2.24) is 19.9 Å². The standard InChI is InChI=1S/C16H18N4O/c1-20(2)9-10-21-15-7-8-17-11-12(15)16-18-13-5-3-4-6-14(13)19-16/h3-8,11H,9-10H2,1-2H3,(H,18,19). The summed E-state index contributed by atoms with van der Waals surface area (Å²) in [4.78, 5) is 14.2. The molecule has 0 fully saturated rings. The van der Waals surface area contributed by atoms with Gasteiger partial charge in [-0.05, 0) is 32.3 Å². The number of fused-ring (bicyclic) bond motifs is 1. The van der Waals surface area contributed by atoms with E-state index in [9.17, 15) is 0 Å². The first-order chi connectivity index (χ1) is 10.2. The first-order valence-electron chi connectivity index (χ1n) is 6.91. The van der Waals surface area contributed by atoms with Crippen LogP contribution in [0.3, 0.4) is 0 Å². The Kier molecular flexibility index (Phi) is 3.83. The van der Waals surface area contributed by atoms with Gasteiger partial charge in [-0.2, -0.15) is 0 Å². The summed E-state index contributed by atoms with van der Waals surface area (Å²) in [6.45, 7) is 1.49. The summed E-state index contributed by atoms with van der Waals surface area (Å²) < 4.78 is 5.86. The van der Waals surface area contributed by atoms with Gasteiger partial charge in [0.05, 0.1) is 16.6 Å². The summed E-state index contributed by atoms with van der Waals surface area (Å²) in [6.07, 6.45) is 3.51. The first kappa shape index (κ1) is 13.6. The van der Waals surface area contributed by atoms with Gasteiger partial charge in [0.25, 0.3) is 0 Å². The van der Waals surface area contributed by atoms with Gasteiger partial charge in [-0.3, -0.25) is 4.98 Å². The molecule has 1 N–H and O–H groups in total. The Balaban J connectivity index is 1.90. The van der Waals surface area contributed by atoms with Crippen LogP contribution < -0.4 is 4.74 Å². The zero-order chi connectivity index (χ0) is 14.7. The Labute approximate surface area is 123 Å². The van der Waals surface area contributed by atoms with E-state index in [1.165, 1.54) is 0 Å². The number of benzene rings is 1. The summed E-state index contributed by atoms with van der Waals surface area (Å²) in [7, 11) is 4.05. The topological polar surface area (TPSA) is 54.0 Å². The number of hydrogen-bond acceptors (Lipinski definition) is 4. The molecule has 0 saturated carbocycles. The second-order valence-electron chi connectivity index (χ2n) is 5.13. The van der Waals surface area contributed by atoms with Crippen molar-refractivity contribution in [2.75, 3.05) is 27.2 Å². The molecule has 3 aromatic rings. The van der Waals surface area contributed by atoms with Crippen molar-refractivity contribution in [3.63, 3.8) is 0 Å². The third-order valence-electron chi connectivity index (χ3n) is 3.22. The Morgan fingerprint density at radius 2 is 2.05 bits per heavy atom. The van der Waals surface area contributed by atoms with Crippen molar-refractivity contribution in [2.45, 2.75) is 0 Å². The van der Waals surface area contributed by atoms with E-state index in [1.807, 2.05) is 44.4 Å². The second kappa shape index (κ2) is 5.93. The van der Waals surface area contributed by atoms with Gasteiger partial charge in [0.15, 0.2) is 0 Å². The minimum absolute atomic E-state index is 0.629. The molecule has 0 amide bonds. The van der Waals surface area contributed by atoms with E-state index in [1.54, 1.807) is 12.4 Å². The number of likely N-dealkylation sites (N-methyl/N-ethyl adjacent to an activating group) is 1. The van der Waals surface area contributed by atoms with E-state index in [0.717, 1.165) is 34.7 Å². The van der Waals surface area contributed by atoms with Crippen molar-refractivity contribution >= 4 is 11.0 Å². The van der Waals surface area contributed by atoms with Crippen LogP contribution in [0.4, 0.5) is 0 Å². The minimum atomic E-state index is 0.629. The number of imidazole rings is 1. The van der Waals surface area contributed by atoms with Gasteiger partial charge in [0, 0.05) is 18.9 Å². The van der Waals surface area contributed by atoms with E-state index in [-0.39, 0.29) is 0 Å². The molecule has 0 bridgehead atoms. The maximum absolute atomic E-state index is 5.86. The molecule has 2 heterocycles. The van der Waals surface area contributed by atoms with Gasteiger partial charge in [0.2, 0.25) is 0 Å². The second-order valence-corrected chi connectivity index (χ2v) is 5.13. The monoisotopic (exact) mass is 282 g/mol.